The average Bonchev–Trinajstić information content (AvgIpc) is 2.71. The highest BCUT2D eigenvalue weighted by atomic mass is 16.2. The summed E-state index contributed by atoms with van der Waals surface area (Å²) in [6, 6.07) is 0.761. The van der Waals surface area contributed by atoms with E-state index in [0.29, 0.717) is 12.1 Å². The van der Waals surface area contributed by atoms with E-state index in [9.17, 15) is 4.79 Å². The van der Waals surface area contributed by atoms with Gasteiger partial charge >= 0.3 is 6.03 Å². The van der Waals surface area contributed by atoms with Crippen LogP contribution in [0.4, 0.5) is 4.79 Å². The van der Waals surface area contributed by atoms with Gasteiger partial charge in [-0.15, -0.1) is 0 Å². The first-order chi connectivity index (χ1) is 7.34. The fraction of sp³-hybridized carbons (Fsp3) is 0.909. The Balaban J connectivity index is 1.66. The van der Waals surface area contributed by atoms with Gasteiger partial charge in [0.1, 0.15) is 0 Å². The fourth-order valence-electron chi connectivity index (χ4n) is 2.44. The van der Waals surface area contributed by atoms with Crippen molar-refractivity contribution in [3.63, 3.8) is 0 Å². The van der Waals surface area contributed by atoms with Crippen molar-refractivity contribution in [3.8, 4) is 0 Å². The maximum Gasteiger partial charge on any atom is 0.315 e. The van der Waals surface area contributed by atoms with Crippen LogP contribution >= 0.6 is 0 Å². The number of carbonyl (C=O) groups is 1. The molecular weight excluding hydrogens is 190 g/mol. The van der Waals surface area contributed by atoms with Gasteiger partial charge in [0.15, 0.2) is 0 Å². The highest BCUT2D eigenvalue weighted by molar-refractivity contribution is 5.74. The Labute approximate surface area is 91.2 Å². The molecule has 2 rings (SSSR count). The van der Waals surface area contributed by atoms with Crippen molar-refractivity contribution < 1.29 is 4.79 Å². The number of urea groups is 1. The Morgan fingerprint density at radius 2 is 1.73 bits per heavy atom. The van der Waals surface area contributed by atoms with Crippen LogP contribution in [0.1, 0.15) is 38.5 Å². The molecular formula is C11H21N3O. The molecule has 0 aromatic carbocycles. The molecule has 15 heavy (non-hydrogen) atoms. The molecule has 4 nitrogen and oxygen atoms in total. The first kappa shape index (κ1) is 10.7. The lowest BCUT2D eigenvalue weighted by atomic mass is 9.96. The molecule has 86 valence electrons. The van der Waals surface area contributed by atoms with Crippen LogP contribution in [-0.2, 0) is 0 Å². The lowest BCUT2D eigenvalue weighted by molar-refractivity contribution is 0.229. The first-order valence-electron chi connectivity index (χ1n) is 6.12. The van der Waals surface area contributed by atoms with E-state index in [4.69, 9.17) is 0 Å². The second-order valence-electron chi connectivity index (χ2n) is 4.64. The summed E-state index contributed by atoms with van der Waals surface area (Å²) in [6.07, 6.45) is 7.20. The largest absolute Gasteiger partial charge is 0.335 e. The van der Waals surface area contributed by atoms with Crippen molar-refractivity contribution in [2.45, 2.75) is 50.6 Å². The Morgan fingerprint density at radius 1 is 1.00 bits per heavy atom. The highest BCUT2D eigenvalue weighted by Crippen LogP contribution is 2.17. The molecule has 4 heteroatoms. The van der Waals surface area contributed by atoms with Crippen LogP contribution in [0.3, 0.4) is 0 Å². The van der Waals surface area contributed by atoms with E-state index in [2.05, 4.69) is 16.0 Å². The van der Waals surface area contributed by atoms with E-state index in [1.54, 1.807) is 0 Å². The van der Waals surface area contributed by atoms with Crippen LogP contribution < -0.4 is 16.0 Å². The van der Waals surface area contributed by atoms with E-state index in [1.807, 2.05) is 0 Å². The number of hydrogen-bond donors (Lipinski definition) is 3. The Hall–Kier alpha value is -0.770. The van der Waals surface area contributed by atoms with Crippen molar-refractivity contribution in [2.75, 3.05) is 13.1 Å². The second-order valence-corrected chi connectivity index (χ2v) is 4.64. The summed E-state index contributed by atoms with van der Waals surface area (Å²) < 4.78 is 0. The van der Waals surface area contributed by atoms with Gasteiger partial charge in [-0.1, -0.05) is 19.3 Å². The molecule has 1 aliphatic heterocycles. The van der Waals surface area contributed by atoms with Gasteiger partial charge in [-0.25, -0.2) is 4.79 Å². The van der Waals surface area contributed by atoms with Crippen LogP contribution in [0.2, 0.25) is 0 Å². The van der Waals surface area contributed by atoms with Crippen molar-refractivity contribution in [1.29, 1.82) is 0 Å². The zero-order chi connectivity index (χ0) is 10.5. The summed E-state index contributed by atoms with van der Waals surface area (Å²) in [6.45, 7) is 1.94. The summed E-state index contributed by atoms with van der Waals surface area (Å²) in [7, 11) is 0. The second kappa shape index (κ2) is 5.35. The minimum atomic E-state index is 0.0237. The zero-order valence-electron chi connectivity index (χ0n) is 9.22. The Morgan fingerprint density at radius 3 is 2.40 bits per heavy atom. The van der Waals surface area contributed by atoms with Gasteiger partial charge in [0, 0.05) is 18.6 Å². The summed E-state index contributed by atoms with van der Waals surface area (Å²) in [5.41, 5.74) is 0. The third-order valence-electron chi connectivity index (χ3n) is 3.34. The molecule has 1 saturated carbocycles. The summed E-state index contributed by atoms with van der Waals surface area (Å²) in [4.78, 5) is 11.6. The monoisotopic (exact) mass is 211 g/mol. The normalized spacial score (nSPS) is 27.6. The number of nitrogens with one attached hydrogen (secondary N) is 3. The standard InChI is InChI=1S/C11H21N3O/c15-11(14-10-6-7-12-8-10)13-9-4-2-1-3-5-9/h9-10,12H,1-8H2,(H2,13,14,15)/t10-/m0/s1. The molecule has 1 aliphatic carbocycles. The van der Waals surface area contributed by atoms with E-state index >= 15 is 0 Å². The molecule has 0 unspecified atom stereocenters. The van der Waals surface area contributed by atoms with E-state index in [0.717, 1.165) is 32.4 Å². The smallest absolute Gasteiger partial charge is 0.315 e. The fourth-order valence-corrected chi connectivity index (χ4v) is 2.44. The topological polar surface area (TPSA) is 53.2 Å². The first-order valence-corrected chi connectivity index (χ1v) is 6.12. The van der Waals surface area contributed by atoms with Crippen molar-refractivity contribution in [2.24, 2.45) is 0 Å². The van der Waals surface area contributed by atoms with Gasteiger partial charge in [-0.3, -0.25) is 0 Å². The van der Waals surface area contributed by atoms with E-state index in [-0.39, 0.29) is 6.03 Å². The third kappa shape index (κ3) is 3.38. The maximum absolute atomic E-state index is 11.6. The van der Waals surface area contributed by atoms with Gasteiger partial charge in [-0.2, -0.15) is 0 Å². The van der Waals surface area contributed by atoms with Crippen molar-refractivity contribution in [1.82, 2.24) is 16.0 Å². The van der Waals surface area contributed by atoms with Crippen molar-refractivity contribution >= 4 is 6.03 Å². The summed E-state index contributed by atoms with van der Waals surface area (Å²) in [5, 5.41) is 9.32. The van der Waals surface area contributed by atoms with Crippen LogP contribution in [-0.4, -0.2) is 31.2 Å². The molecule has 3 N–H and O–H groups in total. The molecule has 0 radical (unpaired) electrons. The molecule has 0 spiro atoms. The van der Waals surface area contributed by atoms with Gasteiger partial charge in [0.2, 0.25) is 0 Å². The molecule has 1 saturated heterocycles. The zero-order valence-corrected chi connectivity index (χ0v) is 9.22. The highest BCUT2D eigenvalue weighted by Gasteiger charge is 2.19. The molecule has 2 fully saturated rings. The summed E-state index contributed by atoms with van der Waals surface area (Å²) in [5.74, 6) is 0. The van der Waals surface area contributed by atoms with Crippen molar-refractivity contribution in [3.05, 3.63) is 0 Å². The maximum atomic E-state index is 11.6. The molecule has 2 amide bonds. The van der Waals surface area contributed by atoms with Crippen LogP contribution in [0.25, 0.3) is 0 Å². The molecule has 1 atom stereocenters. The number of amides is 2. The van der Waals surface area contributed by atoms with Gasteiger partial charge in [0.25, 0.3) is 0 Å². The number of carbonyl (C=O) groups excluding carboxylic acids is 1. The quantitative estimate of drug-likeness (QED) is 0.638. The third-order valence-corrected chi connectivity index (χ3v) is 3.34. The molecule has 1 heterocycles. The van der Waals surface area contributed by atoms with Gasteiger partial charge < -0.3 is 16.0 Å². The number of hydrogen-bond acceptors (Lipinski definition) is 2. The van der Waals surface area contributed by atoms with Crippen LogP contribution in [0.15, 0.2) is 0 Å². The van der Waals surface area contributed by atoms with Gasteiger partial charge in [0.05, 0.1) is 0 Å². The Kier molecular flexibility index (Phi) is 3.83. The van der Waals surface area contributed by atoms with Gasteiger partial charge in [-0.05, 0) is 25.8 Å². The molecule has 2 aliphatic rings. The lowest BCUT2D eigenvalue weighted by Gasteiger charge is -2.23. The summed E-state index contributed by atoms with van der Waals surface area (Å²) >= 11 is 0. The minimum absolute atomic E-state index is 0.0237. The Bertz CT molecular complexity index is 208. The average molecular weight is 211 g/mol. The van der Waals surface area contributed by atoms with E-state index in [1.165, 1.54) is 19.3 Å². The molecule has 0 aromatic heterocycles. The molecule has 0 bridgehead atoms. The van der Waals surface area contributed by atoms with Crippen LogP contribution in [0.5, 0.6) is 0 Å². The predicted octanol–water partition coefficient (Wildman–Crippen LogP) is 0.980. The molecule has 0 aromatic rings. The van der Waals surface area contributed by atoms with Crippen LogP contribution in [0, 0.1) is 0 Å². The number of rotatable bonds is 2. The predicted molar refractivity (Wildman–Crippen MR) is 59.8 cm³/mol. The van der Waals surface area contributed by atoms with E-state index < -0.39 is 0 Å². The minimum Gasteiger partial charge on any atom is -0.335 e. The SMILES string of the molecule is O=C(NC1CCCCC1)N[C@H]1CCNC1. The lowest BCUT2D eigenvalue weighted by Crippen LogP contribution is -2.47.